The summed E-state index contributed by atoms with van der Waals surface area (Å²) in [7, 11) is 0. The summed E-state index contributed by atoms with van der Waals surface area (Å²) in [6, 6.07) is 17.5. The van der Waals surface area contributed by atoms with Crippen LogP contribution in [0.15, 0.2) is 59.4 Å². The Kier molecular flexibility index (Phi) is 7.27. The third-order valence-electron chi connectivity index (χ3n) is 5.75. The molecule has 3 aromatic rings. The first-order chi connectivity index (χ1) is 15.7. The van der Waals surface area contributed by atoms with E-state index in [1.165, 1.54) is 24.8 Å². The summed E-state index contributed by atoms with van der Waals surface area (Å²) in [5.41, 5.74) is 1.84. The minimum Gasteiger partial charge on any atom is -0.493 e. The predicted molar refractivity (Wildman–Crippen MR) is 122 cm³/mol. The topological polar surface area (TPSA) is 97.0 Å². The Balaban J connectivity index is 1.28. The molecule has 4 rings (SSSR count). The van der Waals surface area contributed by atoms with Gasteiger partial charge in [0, 0.05) is 24.9 Å². The maximum atomic E-state index is 12.5. The second-order valence-corrected chi connectivity index (χ2v) is 8.17. The van der Waals surface area contributed by atoms with Crippen molar-refractivity contribution in [2.24, 2.45) is 5.92 Å². The number of rotatable bonds is 10. The highest BCUT2D eigenvalue weighted by Gasteiger charge is 2.18. The lowest BCUT2D eigenvalue weighted by Crippen LogP contribution is -2.27. The van der Waals surface area contributed by atoms with Gasteiger partial charge >= 0.3 is 0 Å². The molecular weight excluding hydrogens is 404 g/mol. The molecule has 2 N–H and O–H groups in total. The van der Waals surface area contributed by atoms with Crippen LogP contribution in [0.2, 0.25) is 0 Å². The summed E-state index contributed by atoms with van der Waals surface area (Å²) >= 11 is 0. The van der Waals surface area contributed by atoms with E-state index in [9.17, 15) is 9.59 Å². The molecule has 166 valence electrons. The van der Waals surface area contributed by atoms with Crippen LogP contribution in [0.4, 0.5) is 0 Å². The van der Waals surface area contributed by atoms with E-state index in [4.69, 9.17) is 4.74 Å². The summed E-state index contributed by atoms with van der Waals surface area (Å²) in [4.78, 5) is 27.3. The number of benzene rings is 2. The van der Waals surface area contributed by atoms with Gasteiger partial charge in [-0.15, -0.1) is 10.2 Å². The van der Waals surface area contributed by atoms with E-state index < -0.39 is 0 Å². The molecular formula is C25H28N4O3. The van der Waals surface area contributed by atoms with Crippen LogP contribution in [0.3, 0.4) is 0 Å². The van der Waals surface area contributed by atoms with Crippen LogP contribution in [0.1, 0.15) is 36.9 Å². The van der Waals surface area contributed by atoms with Crippen LogP contribution in [0.25, 0.3) is 11.4 Å². The van der Waals surface area contributed by atoms with Crippen molar-refractivity contribution < 1.29 is 9.53 Å². The van der Waals surface area contributed by atoms with Gasteiger partial charge in [0.25, 0.3) is 5.56 Å². The Bertz CT molecular complexity index is 1090. The van der Waals surface area contributed by atoms with Crippen molar-refractivity contribution in [1.29, 1.82) is 0 Å². The molecule has 0 bridgehead atoms. The molecule has 1 amide bonds. The number of aromatic nitrogens is 3. The smallest absolute Gasteiger partial charge is 0.273 e. The number of H-pyrrole nitrogens is 1. The number of aromatic amines is 1. The summed E-state index contributed by atoms with van der Waals surface area (Å²) < 4.78 is 5.87. The maximum Gasteiger partial charge on any atom is 0.273 e. The van der Waals surface area contributed by atoms with Gasteiger partial charge in [-0.2, -0.15) is 0 Å². The van der Waals surface area contributed by atoms with E-state index in [0.29, 0.717) is 18.3 Å². The zero-order valence-corrected chi connectivity index (χ0v) is 18.0. The SMILES string of the molecule is O=C(CCc1nnc(-c2cccc(OCC3CCC3)c2)[nH]c1=O)NCCc1ccccc1. The van der Waals surface area contributed by atoms with E-state index in [0.717, 1.165) is 24.3 Å². The molecule has 0 spiro atoms. The molecule has 32 heavy (non-hydrogen) atoms. The lowest BCUT2D eigenvalue weighted by molar-refractivity contribution is -0.121. The van der Waals surface area contributed by atoms with E-state index in [1.807, 2.05) is 54.6 Å². The lowest BCUT2D eigenvalue weighted by atomic mass is 9.86. The maximum absolute atomic E-state index is 12.5. The second kappa shape index (κ2) is 10.7. The summed E-state index contributed by atoms with van der Waals surface area (Å²) in [6.07, 6.45) is 4.94. The number of nitrogens with one attached hydrogen (secondary N) is 2. The van der Waals surface area contributed by atoms with Crippen LogP contribution < -0.4 is 15.6 Å². The van der Waals surface area contributed by atoms with Crippen molar-refractivity contribution in [3.63, 3.8) is 0 Å². The van der Waals surface area contributed by atoms with Crippen LogP contribution >= 0.6 is 0 Å². The number of aryl methyl sites for hydroxylation is 1. The van der Waals surface area contributed by atoms with Gasteiger partial charge in [0.05, 0.1) is 6.61 Å². The second-order valence-electron chi connectivity index (χ2n) is 8.17. The molecule has 0 atom stereocenters. The quantitative estimate of drug-likeness (QED) is 0.512. The van der Waals surface area contributed by atoms with Gasteiger partial charge in [-0.1, -0.05) is 48.9 Å². The van der Waals surface area contributed by atoms with Gasteiger partial charge in [-0.3, -0.25) is 9.59 Å². The average molecular weight is 433 g/mol. The molecule has 0 saturated heterocycles. The normalized spacial score (nSPS) is 13.4. The van der Waals surface area contributed by atoms with Gasteiger partial charge in [-0.05, 0) is 42.9 Å². The first kappa shape index (κ1) is 21.7. The molecule has 1 aliphatic rings. The largest absolute Gasteiger partial charge is 0.493 e. The molecule has 1 aliphatic carbocycles. The van der Waals surface area contributed by atoms with Gasteiger partial charge in [0.1, 0.15) is 11.4 Å². The molecule has 1 aromatic heterocycles. The highest BCUT2D eigenvalue weighted by atomic mass is 16.5. The minimum absolute atomic E-state index is 0.109. The van der Waals surface area contributed by atoms with Crippen LogP contribution in [-0.2, 0) is 17.6 Å². The summed E-state index contributed by atoms with van der Waals surface area (Å²) in [6.45, 7) is 1.28. The molecule has 7 heteroatoms. The molecule has 7 nitrogen and oxygen atoms in total. The molecule has 1 fully saturated rings. The van der Waals surface area contributed by atoms with Gasteiger partial charge < -0.3 is 15.0 Å². The highest BCUT2D eigenvalue weighted by Crippen LogP contribution is 2.28. The summed E-state index contributed by atoms with van der Waals surface area (Å²) in [5.74, 6) is 1.68. The zero-order valence-electron chi connectivity index (χ0n) is 18.0. The zero-order chi connectivity index (χ0) is 22.2. The number of amides is 1. The number of ether oxygens (including phenoxy) is 1. The number of carbonyl (C=O) groups is 1. The number of hydrogen-bond acceptors (Lipinski definition) is 5. The molecule has 1 heterocycles. The molecule has 1 saturated carbocycles. The van der Waals surface area contributed by atoms with Crippen molar-refractivity contribution in [1.82, 2.24) is 20.5 Å². The Morgan fingerprint density at radius 2 is 1.91 bits per heavy atom. The highest BCUT2D eigenvalue weighted by molar-refractivity contribution is 5.76. The summed E-state index contributed by atoms with van der Waals surface area (Å²) in [5, 5.41) is 11.1. The molecule has 0 radical (unpaired) electrons. The Morgan fingerprint density at radius 3 is 2.66 bits per heavy atom. The lowest BCUT2D eigenvalue weighted by Gasteiger charge is -2.25. The van der Waals surface area contributed by atoms with Crippen molar-refractivity contribution in [2.75, 3.05) is 13.2 Å². The minimum atomic E-state index is -0.326. The average Bonchev–Trinajstić information content (AvgIpc) is 2.78. The Morgan fingerprint density at radius 1 is 1.06 bits per heavy atom. The van der Waals surface area contributed by atoms with Crippen molar-refractivity contribution >= 4 is 5.91 Å². The molecule has 2 aromatic carbocycles. The monoisotopic (exact) mass is 432 g/mol. The Hall–Kier alpha value is -3.48. The van der Waals surface area contributed by atoms with Gasteiger partial charge in [-0.25, -0.2) is 0 Å². The first-order valence-electron chi connectivity index (χ1n) is 11.2. The van der Waals surface area contributed by atoms with Crippen LogP contribution in [0, 0.1) is 5.92 Å². The predicted octanol–water partition coefficient (Wildman–Crippen LogP) is 3.30. The molecule has 0 unspecified atom stereocenters. The fraction of sp³-hybridized carbons (Fsp3) is 0.360. The fourth-order valence-electron chi connectivity index (χ4n) is 3.57. The van der Waals surface area contributed by atoms with Crippen molar-refractivity contribution in [2.45, 2.75) is 38.5 Å². The van der Waals surface area contributed by atoms with Gasteiger partial charge in [0.15, 0.2) is 5.82 Å². The first-order valence-corrected chi connectivity index (χ1v) is 11.2. The van der Waals surface area contributed by atoms with E-state index in [-0.39, 0.29) is 30.0 Å². The van der Waals surface area contributed by atoms with E-state index in [2.05, 4.69) is 20.5 Å². The van der Waals surface area contributed by atoms with Crippen molar-refractivity contribution in [3.8, 4) is 17.1 Å². The molecule has 0 aliphatic heterocycles. The number of nitrogens with zero attached hydrogens (tertiary/aromatic N) is 2. The van der Waals surface area contributed by atoms with Crippen molar-refractivity contribution in [3.05, 3.63) is 76.2 Å². The standard InChI is InChI=1S/C25H28N4O3/c30-23(26-15-14-18-6-2-1-3-7-18)13-12-22-25(31)27-24(29-28-22)20-10-5-11-21(16-20)32-17-19-8-4-9-19/h1-3,5-7,10-11,16,19H,4,8-9,12-15,17H2,(H,26,30)(H,27,29,31). The third kappa shape index (κ3) is 6.03. The van der Waals surface area contributed by atoms with Crippen LogP contribution in [-0.4, -0.2) is 34.2 Å². The van der Waals surface area contributed by atoms with Crippen LogP contribution in [0.5, 0.6) is 5.75 Å². The number of carbonyl (C=O) groups excluding carboxylic acids is 1. The van der Waals surface area contributed by atoms with E-state index in [1.54, 1.807) is 0 Å². The van der Waals surface area contributed by atoms with Gasteiger partial charge in [0.2, 0.25) is 5.91 Å². The third-order valence-corrected chi connectivity index (χ3v) is 5.75. The number of hydrogen-bond donors (Lipinski definition) is 2. The Labute approximate surface area is 187 Å². The van der Waals surface area contributed by atoms with E-state index >= 15 is 0 Å². The fourth-order valence-corrected chi connectivity index (χ4v) is 3.57.